The zero-order valence-electron chi connectivity index (χ0n) is 13.2. The molecule has 1 amide bonds. The zero-order chi connectivity index (χ0) is 16.4. The fourth-order valence-corrected chi connectivity index (χ4v) is 3.09. The average molecular weight is 309 g/mol. The van der Waals surface area contributed by atoms with Crippen LogP contribution in [0.3, 0.4) is 0 Å². The highest BCUT2D eigenvalue weighted by Crippen LogP contribution is 2.43. The quantitative estimate of drug-likeness (QED) is 0.643. The first kappa shape index (κ1) is 15.3. The molecule has 2 aromatic rings. The van der Waals surface area contributed by atoms with Gasteiger partial charge in [-0.05, 0) is 18.1 Å². The zero-order valence-corrected chi connectivity index (χ0v) is 13.2. The van der Waals surface area contributed by atoms with E-state index in [0.717, 1.165) is 11.1 Å². The monoisotopic (exact) mass is 309 g/mol. The van der Waals surface area contributed by atoms with Crippen molar-refractivity contribution in [3.63, 3.8) is 0 Å². The van der Waals surface area contributed by atoms with Gasteiger partial charge in [0.05, 0.1) is 6.04 Å². The number of benzene rings is 2. The van der Waals surface area contributed by atoms with E-state index in [9.17, 15) is 9.59 Å². The Morgan fingerprint density at radius 1 is 1.04 bits per heavy atom. The lowest BCUT2D eigenvalue weighted by Gasteiger charge is -2.49. The molecule has 3 rings (SSSR count). The average Bonchev–Trinajstić information content (AvgIpc) is 2.58. The highest BCUT2D eigenvalue weighted by molar-refractivity contribution is 5.91. The lowest BCUT2D eigenvalue weighted by atomic mass is 9.87. The van der Waals surface area contributed by atoms with E-state index in [-0.39, 0.29) is 18.0 Å². The Morgan fingerprint density at radius 3 is 2.17 bits per heavy atom. The van der Waals surface area contributed by atoms with Gasteiger partial charge in [0.1, 0.15) is 6.04 Å². The van der Waals surface area contributed by atoms with Crippen LogP contribution in [-0.2, 0) is 14.3 Å². The van der Waals surface area contributed by atoms with Gasteiger partial charge in [-0.15, -0.1) is 0 Å². The standard InChI is InChI=1S/C19H19NO3/c1-13(15-9-5-3-6-10-15)20-17(16-11-7-4-8-12-16)18(19(20)22)23-14(2)21/h3-13,17-18H,1-2H3/t13-,17-,18+/m0/s1. The summed E-state index contributed by atoms with van der Waals surface area (Å²) in [6, 6.07) is 19.2. The van der Waals surface area contributed by atoms with Crippen molar-refractivity contribution in [3.05, 3.63) is 71.8 Å². The molecule has 0 bridgehead atoms. The van der Waals surface area contributed by atoms with Crippen LogP contribution in [0.2, 0.25) is 0 Å². The summed E-state index contributed by atoms with van der Waals surface area (Å²) in [4.78, 5) is 25.7. The third kappa shape index (κ3) is 2.84. The fourth-order valence-electron chi connectivity index (χ4n) is 3.09. The number of hydrogen-bond acceptors (Lipinski definition) is 3. The van der Waals surface area contributed by atoms with Gasteiger partial charge in [-0.25, -0.2) is 0 Å². The maximum atomic E-state index is 12.5. The Balaban J connectivity index is 1.92. The van der Waals surface area contributed by atoms with E-state index in [2.05, 4.69) is 0 Å². The molecule has 1 fully saturated rings. The first-order chi connectivity index (χ1) is 11.1. The van der Waals surface area contributed by atoms with E-state index in [4.69, 9.17) is 4.74 Å². The molecule has 0 aromatic heterocycles. The molecule has 118 valence electrons. The van der Waals surface area contributed by atoms with E-state index in [1.54, 1.807) is 4.90 Å². The summed E-state index contributed by atoms with van der Waals surface area (Å²) in [5.41, 5.74) is 2.03. The second-order valence-electron chi connectivity index (χ2n) is 5.72. The largest absolute Gasteiger partial charge is 0.450 e. The van der Waals surface area contributed by atoms with Crippen molar-refractivity contribution in [1.82, 2.24) is 4.90 Å². The van der Waals surface area contributed by atoms with Crippen LogP contribution >= 0.6 is 0 Å². The number of ether oxygens (including phenoxy) is 1. The van der Waals surface area contributed by atoms with Crippen molar-refractivity contribution >= 4 is 11.9 Å². The summed E-state index contributed by atoms with van der Waals surface area (Å²) in [6.07, 6.45) is -0.735. The minimum atomic E-state index is -0.735. The summed E-state index contributed by atoms with van der Waals surface area (Å²) in [6.45, 7) is 3.33. The Hall–Kier alpha value is -2.62. The molecule has 23 heavy (non-hydrogen) atoms. The van der Waals surface area contributed by atoms with Gasteiger partial charge in [-0.3, -0.25) is 9.59 Å². The number of amides is 1. The van der Waals surface area contributed by atoms with Gasteiger partial charge in [-0.1, -0.05) is 60.7 Å². The summed E-state index contributed by atoms with van der Waals surface area (Å²) >= 11 is 0. The molecule has 1 aliphatic rings. The smallest absolute Gasteiger partial charge is 0.303 e. The van der Waals surface area contributed by atoms with E-state index in [0.29, 0.717) is 0 Å². The molecule has 1 heterocycles. The van der Waals surface area contributed by atoms with Gasteiger partial charge in [0.15, 0.2) is 0 Å². The van der Waals surface area contributed by atoms with Crippen LogP contribution < -0.4 is 0 Å². The van der Waals surface area contributed by atoms with Crippen molar-refractivity contribution < 1.29 is 14.3 Å². The molecule has 3 atom stereocenters. The topological polar surface area (TPSA) is 46.6 Å². The Labute approximate surface area is 135 Å². The lowest BCUT2D eigenvalue weighted by molar-refractivity contribution is -0.186. The Morgan fingerprint density at radius 2 is 1.61 bits per heavy atom. The van der Waals surface area contributed by atoms with Crippen LogP contribution in [0.1, 0.15) is 37.1 Å². The van der Waals surface area contributed by atoms with Crippen molar-refractivity contribution in [1.29, 1.82) is 0 Å². The summed E-state index contributed by atoms with van der Waals surface area (Å²) in [5, 5.41) is 0. The number of β-lactam (4-membered cyclic amide) rings is 1. The second kappa shape index (κ2) is 6.24. The molecule has 0 aliphatic carbocycles. The number of likely N-dealkylation sites (tertiary alicyclic amines) is 1. The van der Waals surface area contributed by atoms with Gasteiger partial charge >= 0.3 is 5.97 Å². The van der Waals surface area contributed by atoms with Crippen LogP contribution in [0.25, 0.3) is 0 Å². The van der Waals surface area contributed by atoms with E-state index < -0.39 is 12.1 Å². The summed E-state index contributed by atoms with van der Waals surface area (Å²) in [7, 11) is 0. The van der Waals surface area contributed by atoms with Crippen LogP contribution in [0.5, 0.6) is 0 Å². The predicted molar refractivity (Wildman–Crippen MR) is 86.4 cm³/mol. The third-order valence-corrected chi connectivity index (χ3v) is 4.22. The number of nitrogens with zero attached hydrogens (tertiary/aromatic N) is 1. The number of rotatable bonds is 4. The molecule has 1 aliphatic heterocycles. The highest BCUT2D eigenvalue weighted by atomic mass is 16.6. The van der Waals surface area contributed by atoms with Gasteiger partial charge in [0, 0.05) is 6.92 Å². The molecule has 2 aromatic carbocycles. The number of carbonyl (C=O) groups excluding carboxylic acids is 2. The van der Waals surface area contributed by atoms with Crippen molar-refractivity contribution in [2.45, 2.75) is 32.0 Å². The molecular formula is C19H19NO3. The first-order valence-corrected chi connectivity index (χ1v) is 7.69. The first-order valence-electron chi connectivity index (χ1n) is 7.69. The van der Waals surface area contributed by atoms with Gasteiger partial charge in [-0.2, -0.15) is 0 Å². The van der Waals surface area contributed by atoms with Gasteiger partial charge in [0.25, 0.3) is 5.91 Å². The third-order valence-electron chi connectivity index (χ3n) is 4.22. The fraction of sp³-hybridized carbons (Fsp3) is 0.263. The summed E-state index contributed by atoms with van der Waals surface area (Å²) < 4.78 is 5.25. The Bertz CT molecular complexity index is 699. The van der Waals surface area contributed by atoms with Crippen LogP contribution in [-0.4, -0.2) is 22.9 Å². The molecule has 0 saturated carbocycles. The van der Waals surface area contributed by atoms with Crippen molar-refractivity contribution in [2.75, 3.05) is 0 Å². The minimum absolute atomic E-state index is 0.0827. The maximum absolute atomic E-state index is 12.5. The highest BCUT2D eigenvalue weighted by Gasteiger charge is 2.52. The Kier molecular flexibility index (Phi) is 4.15. The normalized spacial score (nSPS) is 21.5. The van der Waals surface area contributed by atoms with E-state index in [1.807, 2.05) is 67.6 Å². The van der Waals surface area contributed by atoms with Crippen LogP contribution in [0.4, 0.5) is 0 Å². The predicted octanol–water partition coefficient (Wildman–Crippen LogP) is 3.26. The number of hydrogen-bond donors (Lipinski definition) is 0. The molecular weight excluding hydrogens is 290 g/mol. The molecule has 1 saturated heterocycles. The van der Waals surface area contributed by atoms with Crippen molar-refractivity contribution in [3.8, 4) is 0 Å². The molecule has 0 radical (unpaired) electrons. The second-order valence-corrected chi connectivity index (χ2v) is 5.72. The molecule has 0 N–H and O–H groups in total. The van der Waals surface area contributed by atoms with Gasteiger partial charge < -0.3 is 9.64 Å². The minimum Gasteiger partial charge on any atom is -0.450 e. The SMILES string of the molecule is CC(=O)O[C@H]1C(=O)N([C@@H](C)c2ccccc2)[C@H]1c1ccccc1. The molecule has 0 spiro atoms. The lowest BCUT2D eigenvalue weighted by Crippen LogP contribution is -2.60. The van der Waals surface area contributed by atoms with Gasteiger partial charge in [0.2, 0.25) is 6.10 Å². The molecule has 4 nitrogen and oxygen atoms in total. The van der Waals surface area contributed by atoms with Crippen molar-refractivity contribution in [2.24, 2.45) is 0 Å². The van der Waals surface area contributed by atoms with Crippen LogP contribution in [0.15, 0.2) is 60.7 Å². The molecule has 0 unspecified atom stereocenters. The number of esters is 1. The molecule has 4 heteroatoms. The summed E-state index contributed by atoms with van der Waals surface area (Å²) in [5.74, 6) is -0.582. The number of carbonyl (C=O) groups is 2. The maximum Gasteiger partial charge on any atom is 0.303 e. The van der Waals surface area contributed by atoms with E-state index >= 15 is 0 Å². The van der Waals surface area contributed by atoms with Crippen LogP contribution in [0, 0.1) is 0 Å². The van der Waals surface area contributed by atoms with E-state index in [1.165, 1.54) is 6.92 Å².